The van der Waals surface area contributed by atoms with E-state index in [9.17, 15) is 13.6 Å². The molecule has 1 fully saturated rings. The fourth-order valence-corrected chi connectivity index (χ4v) is 3.39. The average Bonchev–Trinajstić information content (AvgIpc) is 3.17. The van der Waals surface area contributed by atoms with Crippen LogP contribution in [0.4, 0.5) is 8.78 Å². The maximum atomic E-state index is 13.3. The molecule has 0 amide bonds. The van der Waals surface area contributed by atoms with E-state index >= 15 is 0 Å². The van der Waals surface area contributed by atoms with Gasteiger partial charge in [-0.1, -0.05) is 6.07 Å². The molecule has 4 rings (SSSR count). The van der Waals surface area contributed by atoms with Crippen LogP contribution in [0.2, 0.25) is 0 Å². The molecule has 1 unspecified atom stereocenters. The molecule has 1 saturated heterocycles. The molecule has 3 aromatic rings. The summed E-state index contributed by atoms with van der Waals surface area (Å²) in [5, 5.41) is 3.81. The first-order chi connectivity index (χ1) is 14.1. The maximum Gasteiger partial charge on any atom is 0.359 e. The largest absolute Gasteiger partial charge is 0.422 e. The molecule has 0 radical (unpaired) electrons. The van der Waals surface area contributed by atoms with Gasteiger partial charge in [-0.3, -0.25) is 9.69 Å². The number of ketones is 1. The molecule has 8 heteroatoms. The number of carbonyl (C=O) groups is 1. The standard InChI is InChI=1S/C21H19F2N3O3/c22-16-8-6-14(7-9-16)19(27)13-26-10-2-3-15(12-26)20-24-21(25-29-20)28-18-5-1-4-17(23)11-18/h1,4-9,11,15H,2-3,10,12-13H2. The lowest BCUT2D eigenvalue weighted by molar-refractivity contribution is 0.0899. The van der Waals surface area contributed by atoms with E-state index in [1.165, 1.54) is 42.5 Å². The summed E-state index contributed by atoms with van der Waals surface area (Å²) in [4.78, 5) is 18.7. The van der Waals surface area contributed by atoms with Gasteiger partial charge in [-0.15, -0.1) is 0 Å². The third kappa shape index (κ3) is 4.83. The first-order valence-electron chi connectivity index (χ1n) is 9.35. The number of hydrogen-bond donors (Lipinski definition) is 0. The Bertz CT molecular complexity index is 991. The van der Waals surface area contributed by atoms with Crippen LogP contribution in [0.1, 0.15) is 35.0 Å². The number of ether oxygens (including phenoxy) is 1. The number of hydrogen-bond acceptors (Lipinski definition) is 6. The lowest BCUT2D eigenvalue weighted by Gasteiger charge is -2.30. The number of carbonyl (C=O) groups excluding carboxylic acids is 1. The van der Waals surface area contributed by atoms with Gasteiger partial charge in [0.15, 0.2) is 5.78 Å². The number of rotatable bonds is 6. The Balaban J connectivity index is 1.37. The topological polar surface area (TPSA) is 68.5 Å². The number of nitrogens with zero attached hydrogens (tertiary/aromatic N) is 3. The van der Waals surface area contributed by atoms with Crippen molar-refractivity contribution in [2.24, 2.45) is 0 Å². The molecule has 29 heavy (non-hydrogen) atoms. The molecule has 1 aliphatic heterocycles. The van der Waals surface area contributed by atoms with Gasteiger partial charge < -0.3 is 9.26 Å². The zero-order valence-corrected chi connectivity index (χ0v) is 15.6. The fraction of sp³-hybridized carbons (Fsp3) is 0.286. The molecular weight excluding hydrogens is 380 g/mol. The van der Waals surface area contributed by atoms with Crippen molar-refractivity contribution >= 4 is 5.78 Å². The number of Topliss-reactive ketones (excluding diaryl/α,β-unsaturated/α-hetero) is 1. The van der Waals surface area contributed by atoms with Gasteiger partial charge in [-0.05, 0) is 60.9 Å². The van der Waals surface area contributed by atoms with Crippen molar-refractivity contribution in [3.63, 3.8) is 0 Å². The van der Waals surface area contributed by atoms with E-state index in [0.717, 1.165) is 19.4 Å². The van der Waals surface area contributed by atoms with Crippen LogP contribution in [0.5, 0.6) is 11.8 Å². The molecule has 0 saturated carbocycles. The van der Waals surface area contributed by atoms with Crippen LogP contribution in [0.3, 0.4) is 0 Å². The van der Waals surface area contributed by atoms with E-state index in [4.69, 9.17) is 9.26 Å². The van der Waals surface area contributed by atoms with Crippen molar-refractivity contribution in [1.82, 2.24) is 15.0 Å². The smallest absolute Gasteiger partial charge is 0.359 e. The second-order valence-electron chi connectivity index (χ2n) is 6.98. The first kappa shape index (κ1) is 19.2. The average molecular weight is 399 g/mol. The first-order valence-corrected chi connectivity index (χ1v) is 9.35. The molecule has 1 aliphatic rings. The van der Waals surface area contributed by atoms with Crippen LogP contribution in [0.15, 0.2) is 53.1 Å². The minimum atomic E-state index is -0.417. The number of likely N-dealkylation sites (tertiary alicyclic amines) is 1. The lowest BCUT2D eigenvalue weighted by Crippen LogP contribution is -2.38. The lowest BCUT2D eigenvalue weighted by atomic mass is 9.97. The highest BCUT2D eigenvalue weighted by Crippen LogP contribution is 2.28. The third-order valence-corrected chi connectivity index (χ3v) is 4.82. The Kier molecular flexibility index (Phi) is 5.62. The van der Waals surface area contributed by atoms with Crippen LogP contribution in [-0.4, -0.2) is 40.5 Å². The molecule has 2 heterocycles. The quantitative estimate of drug-likeness (QED) is 0.579. The van der Waals surface area contributed by atoms with E-state index in [1.807, 2.05) is 4.90 Å². The minimum Gasteiger partial charge on any atom is -0.422 e. The summed E-state index contributed by atoms with van der Waals surface area (Å²) >= 11 is 0. The third-order valence-electron chi connectivity index (χ3n) is 4.82. The molecule has 0 spiro atoms. The normalized spacial score (nSPS) is 17.2. The van der Waals surface area contributed by atoms with Gasteiger partial charge in [-0.25, -0.2) is 8.78 Å². The van der Waals surface area contributed by atoms with Crippen molar-refractivity contribution < 1.29 is 22.8 Å². The summed E-state index contributed by atoms with van der Waals surface area (Å²) in [6.07, 6.45) is 1.73. The van der Waals surface area contributed by atoms with Gasteiger partial charge in [0.05, 0.1) is 12.5 Å². The summed E-state index contributed by atoms with van der Waals surface area (Å²) in [5.74, 6) is -0.163. The van der Waals surface area contributed by atoms with E-state index in [0.29, 0.717) is 18.0 Å². The van der Waals surface area contributed by atoms with E-state index in [-0.39, 0.29) is 35.8 Å². The second-order valence-corrected chi connectivity index (χ2v) is 6.98. The Morgan fingerprint density at radius 3 is 2.79 bits per heavy atom. The Labute approximate surface area is 166 Å². The molecule has 0 aliphatic carbocycles. The van der Waals surface area contributed by atoms with Crippen molar-refractivity contribution in [1.29, 1.82) is 0 Å². The van der Waals surface area contributed by atoms with E-state index in [1.54, 1.807) is 6.07 Å². The molecular formula is C21H19F2N3O3. The number of piperidine rings is 1. The van der Waals surface area contributed by atoms with Crippen LogP contribution in [0.25, 0.3) is 0 Å². The number of benzene rings is 2. The summed E-state index contributed by atoms with van der Waals surface area (Å²) in [5.41, 5.74) is 0.483. The molecule has 2 aromatic carbocycles. The van der Waals surface area contributed by atoms with Crippen LogP contribution in [-0.2, 0) is 0 Å². The minimum absolute atomic E-state index is 0.0186. The van der Waals surface area contributed by atoms with Crippen molar-refractivity contribution in [3.05, 3.63) is 71.6 Å². The van der Waals surface area contributed by atoms with E-state index < -0.39 is 5.82 Å². The van der Waals surface area contributed by atoms with Gasteiger partial charge in [-0.2, -0.15) is 4.98 Å². The number of aromatic nitrogens is 2. The molecule has 0 bridgehead atoms. The van der Waals surface area contributed by atoms with Crippen LogP contribution in [0, 0.1) is 11.6 Å². The predicted molar refractivity (Wildman–Crippen MR) is 99.9 cm³/mol. The SMILES string of the molecule is O=C(CN1CCCC(c2nc(Oc3cccc(F)c3)no2)C1)c1ccc(F)cc1. The van der Waals surface area contributed by atoms with Gasteiger partial charge in [0.2, 0.25) is 5.89 Å². The molecule has 6 nitrogen and oxygen atoms in total. The number of halogens is 2. The van der Waals surface area contributed by atoms with Gasteiger partial charge >= 0.3 is 6.01 Å². The maximum absolute atomic E-state index is 13.3. The van der Waals surface area contributed by atoms with E-state index in [2.05, 4.69) is 10.1 Å². The molecule has 1 atom stereocenters. The van der Waals surface area contributed by atoms with Gasteiger partial charge in [0.1, 0.15) is 17.4 Å². The predicted octanol–water partition coefficient (Wildman–Crippen LogP) is 4.20. The molecule has 0 N–H and O–H groups in total. The van der Waals surface area contributed by atoms with Gasteiger partial charge in [0.25, 0.3) is 0 Å². The van der Waals surface area contributed by atoms with Crippen molar-refractivity contribution in [3.8, 4) is 11.8 Å². The summed E-state index contributed by atoms with van der Waals surface area (Å²) in [6.45, 7) is 1.61. The monoisotopic (exact) mass is 399 g/mol. The highest BCUT2D eigenvalue weighted by Gasteiger charge is 2.27. The van der Waals surface area contributed by atoms with Crippen LogP contribution < -0.4 is 4.74 Å². The Morgan fingerprint density at radius 2 is 2.00 bits per heavy atom. The van der Waals surface area contributed by atoms with Crippen LogP contribution >= 0.6 is 0 Å². The summed E-state index contributed by atoms with van der Waals surface area (Å²) in [6, 6.07) is 11.3. The highest BCUT2D eigenvalue weighted by atomic mass is 19.1. The zero-order valence-electron chi connectivity index (χ0n) is 15.6. The second kappa shape index (κ2) is 8.48. The van der Waals surface area contributed by atoms with Gasteiger partial charge in [0, 0.05) is 18.2 Å². The summed E-state index contributed by atoms with van der Waals surface area (Å²) < 4.78 is 37.1. The van der Waals surface area contributed by atoms with Crippen molar-refractivity contribution in [2.45, 2.75) is 18.8 Å². The molecule has 1 aromatic heterocycles. The van der Waals surface area contributed by atoms with Crippen molar-refractivity contribution in [2.75, 3.05) is 19.6 Å². The zero-order chi connectivity index (χ0) is 20.2. The Hall–Kier alpha value is -3.13. The summed E-state index contributed by atoms with van der Waals surface area (Å²) in [7, 11) is 0. The Morgan fingerprint density at radius 1 is 1.17 bits per heavy atom. The molecule has 150 valence electrons. The fourth-order valence-electron chi connectivity index (χ4n) is 3.39. The highest BCUT2D eigenvalue weighted by molar-refractivity contribution is 5.97.